The van der Waals surface area contributed by atoms with Crippen LogP contribution in [0.5, 0.6) is 0 Å². The number of amides is 1. The highest BCUT2D eigenvalue weighted by Crippen LogP contribution is 2.23. The van der Waals surface area contributed by atoms with Crippen molar-refractivity contribution in [3.05, 3.63) is 46.2 Å². The molecule has 21 heavy (non-hydrogen) atoms. The molecule has 0 radical (unpaired) electrons. The van der Waals surface area contributed by atoms with Crippen LogP contribution in [-0.4, -0.2) is 39.5 Å². The molecule has 3 rings (SSSR count). The Morgan fingerprint density at radius 3 is 2.81 bits per heavy atom. The van der Waals surface area contributed by atoms with Gasteiger partial charge in [-0.1, -0.05) is 12.1 Å². The summed E-state index contributed by atoms with van der Waals surface area (Å²) in [4.78, 5) is 39.3. The van der Waals surface area contributed by atoms with E-state index >= 15 is 0 Å². The summed E-state index contributed by atoms with van der Waals surface area (Å²) >= 11 is 0. The molecule has 2 heterocycles. The van der Waals surface area contributed by atoms with Crippen molar-refractivity contribution < 1.29 is 14.7 Å². The number of likely N-dealkylation sites (tertiary alicyclic amines) is 1. The summed E-state index contributed by atoms with van der Waals surface area (Å²) in [6, 6.07) is 7.37. The van der Waals surface area contributed by atoms with Crippen molar-refractivity contribution in [2.45, 2.75) is 18.9 Å². The number of nitrogens with one attached hydrogen (secondary N) is 1. The molecule has 6 heteroatoms. The van der Waals surface area contributed by atoms with Crippen LogP contribution in [0, 0.1) is 0 Å². The van der Waals surface area contributed by atoms with Gasteiger partial charge in [0.15, 0.2) is 0 Å². The van der Waals surface area contributed by atoms with Gasteiger partial charge in [0.2, 0.25) is 5.56 Å². The van der Waals surface area contributed by atoms with E-state index in [1.165, 1.54) is 11.0 Å². The second-order valence-corrected chi connectivity index (χ2v) is 5.09. The molecule has 1 aliphatic rings. The summed E-state index contributed by atoms with van der Waals surface area (Å²) in [5.41, 5.74) is 0.489. The molecule has 1 aliphatic heterocycles. The Morgan fingerprint density at radius 2 is 2.05 bits per heavy atom. The van der Waals surface area contributed by atoms with Crippen LogP contribution in [0.15, 0.2) is 35.1 Å². The summed E-state index contributed by atoms with van der Waals surface area (Å²) < 4.78 is 0. The maximum Gasteiger partial charge on any atom is 0.326 e. The molecule has 0 spiro atoms. The van der Waals surface area contributed by atoms with Gasteiger partial charge >= 0.3 is 5.97 Å². The first kappa shape index (κ1) is 13.4. The number of aromatic nitrogens is 1. The molecular formula is C15H14N2O4. The number of carbonyl (C=O) groups is 2. The molecule has 2 aromatic rings. The topological polar surface area (TPSA) is 90.5 Å². The van der Waals surface area contributed by atoms with Crippen LogP contribution < -0.4 is 5.56 Å². The Balaban J connectivity index is 2.08. The lowest BCUT2D eigenvalue weighted by atomic mass is 10.1. The fraction of sp³-hybridized carbons (Fsp3) is 0.267. The number of carbonyl (C=O) groups excluding carboxylic acids is 1. The quantitative estimate of drug-likeness (QED) is 0.868. The van der Waals surface area contributed by atoms with E-state index in [0.717, 1.165) is 5.39 Å². The number of aromatic amines is 1. The van der Waals surface area contributed by atoms with Crippen molar-refractivity contribution in [1.82, 2.24) is 9.88 Å². The number of hydrogen-bond acceptors (Lipinski definition) is 3. The zero-order valence-corrected chi connectivity index (χ0v) is 11.2. The number of para-hydroxylation sites is 1. The lowest BCUT2D eigenvalue weighted by Crippen LogP contribution is -2.40. The number of H-pyrrole nitrogens is 1. The number of hydrogen-bond donors (Lipinski definition) is 2. The normalized spacial score (nSPS) is 18.1. The molecule has 1 saturated heterocycles. The Hall–Kier alpha value is -2.63. The molecule has 2 N–H and O–H groups in total. The summed E-state index contributed by atoms with van der Waals surface area (Å²) in [5.74, 6) is -1.35. The predicted octanol–water partition coefficient (Wildman–Crippen LogP) is 1.22. The summed E-state index contributed by atoms with van der Waals surface area (Å²) in [6.07, 6.45) is 1.13. The average molecular weight is 286 g/mol. The molecule has 0 bridgehead atoms. The van der Waals surface area contributed by atoms with Crippen molar-refractivity contribution in [2.24, 2.45) is 0 Å². The van der Waals surface area contributed by atoms with E-state index in [-0.39, 0.29) is 11.5 Å². The van der Waals surface area contributed by atoms with E-state index in [0.29, 0.717) is 30.5 Å². The van der Waals surface area contributed by atoms with Crippen LogP contribution in [0.25, 0.3) is 10.9 Å². The highest BCUT2D eigenvalue weighted by Gasteiger charge is 2.34. The first-order chi connectivity index (χ1) is 10.1. The largest absolute Gasteiger partial charge is 0.480 e. The molecule has 108 valence electrons. The molecule has 1 atom stereocenters. The third-order valence-electron chi connectivity index (χ3n) is 3.79. The van der Waals surface area contributed by atoms with E-state index in [4.69, 9.17) is 0 Å². The minimum atomic E-state index is -0.991. The number of nitrogens with zero attached hydrogens (tertiary/aromatic N) is 1. The maximum atomic E-state index is 12.6. The van der Waals surface area contributed by atoms with Crippen molar-refractivity contribution in [3.63, 3.8) is 0 Å². The molecule has 0 aliphatic carbocycles. The van der Waals surface area contributed by atoms with Crippen molar-refractivity contribution in [3.8, 4) is 0 Å². The van der Waals surface area contributed by atoms with Crippen LogP contribution in [0.1, 0.15) is 23.2 Å². The van der Waals surface area contributed by atoms with Crippen molar-refractivity contribution >= 4 is 22.8 Å². The van der Waals surface area contributed by atoms with E-state index in [9.17, 15) is 19.5 Å². The van der Waals surface area contributed by atoms with Gasteiger partial charge in [0.25, 0.3) is 5.91 Å². The van der Waals surface area contributed by atoms with E-state index in [1.807, 2.05) is 0 Å². The van der Waals surface area contributed by atoms with Crippen molar-refractivity contribution in [1.29, 1.82) is 0 Å². The van der Waals surface area contributed by atoms with E-state index < -0.39 is 12.0 Å². The zero-order chi connectivity index (χ0) is 15.0. The number of aliphatic carboxylic acids is 1. The second-order valence-electron chi connectivity index (χ2n) is 5.09. The smallest absolute Gasteiger partial charge is 0.326 e. The van der Waals surface area contributed by atoms with Crippen LogP contribution in [-0.2, 0) is 4.79 Å². The Labute approximate surface area is 120 Å². The monoisotopic (exact) mass is 286 g/mol. The number of fused-ring (bicyclic) bond motifs is 1. The fourth-order valence-corrected chi connectivity index (χ4v) is 2.78. The van der Waals surface area contributed by atoms with E-state index in [1.54, 1.807) is 24.3 Å². The van der Waals surface area contributed by atoms with Crippen LogP contribution in [0.4, 0.5) is 0 Å². The molecule has 0 saturated carbocycles. The minimum Gasteiger partial charge on any atom is -0.480 e. The summed E-state index contributed by atoms with van der Waals surface area (Å²) in [7, 11) is 0. The second kappa shape index (κ2) is 5.05. The van der Waals surface area contributed by atoms with Gasteiger partial charge in [-0.05, 0) is 30.4 Å². The van der Waals surface area contributed by atoms with Gasteiger partial charge in [-0.15, -0.1) is 0 Å². The molecule has 6 nitrogen and oxygen atoms in total. The molecular weight excluding hydrogens is 272 g/mol. The lowest BCUT2D eigenvalue weighted by molar-refractivity contribution is -0.141. The van der Waals surface area contributed by atoms with Gasteiger partial charge in [-0.3, -0.25) is 9.59 Å². The van der Waals surface area contributed by atoms with Gasteiger partial charge in [-0.25, -0.2) is 4.79 Å². The number of pyridine rings is 1. The molecule has 1 aromatic carbocycles. The molecule has 1 fully saturated rings. The van der Waals surface area contributed by atoms with Gasteiger partial charge in [0, 0.05) is 12.6 Å². The highest BCUT2D eigenvalue weighted by atomic mass is 16.4. The fourth-order valence-electron chi connectivity index (χ4n) is 2.78. The van der Waals surface area contributed by atoms with E-state index in [2.05, 4.69) is 4.98 Å². The lowest BCUT2D eigenvalue weighted by Gasteiger charge is -2.22. The zero-order valence-electron chi connectivity index (χ0n) is 11.2. The summed E-state index contributed by atoms with van der Waals surface area (Å²) in [5, 5.41) is 9.93. The first-order valence-electron chi connectivity index (χ1n) is 6.74. The Morgan fingerprint density at radius 1 is 1.24 bits per heavy atom. The predicted molar refractivity (Wildman–Crippen MR) is 76.3 cm³/mol. The molecule has 1 aromatic heterocycles. The average Bonchev–Trinajstić information content (AvgIpc) is 2.95. The number of carboxylic acids is 1. The van der Waals surface area contributed by atoms with Crippen LogP contribution >= 0.6 is 0 Å². The van der Waals surface area contributed by atoms with Crippen molar-refractivity contribution in [2.75, 3.05) is 6.54 Å². The third-order valence-corrected chi connectivity index (χ3v) is 3.79. The SMILES string of the molecule is O=C(O)[C@@H]1CCCN1C(=O)c1cccc2ccc(=O)[nH]c12. The van der Waals surface area contributed by atoms with Gasteiger partial charge < -0.3 is 15.0 Å². The van der Waals surface area contributed by atoms with Crippen LogP contribution in [0.2, 0.25) is 0 Å². The highest BCUT2D eigenvalue weighted by molar-refractivity contribution is 6.06. The van der Waals surface area contributed by atoms with Gasteiger partial charge in [0.05, 0.1) is 11.1 Å². The van der Waals surface area contributed by atoms with Crippen LogP contribution in [0.3, 0.4) is 0 Å². The minimum absolute atomic E-state index is 0.293. The number of carboxylic acid groups (broad SMARTS) is 1. The number of benzene rings is 1. The number of rotatable bonds is 2. The van der Waals surface area contributed by atoms with Gasteiger partial charge in [-0.2, -0.15) is 0 Å². The Bertz CT molecular complexity index is 781. The molecule has 0 unspecified atom stereocenters. The molecule has 1 amide bonds. The maximum absolute atomic E-state index is 12.6. The third kappa shape index (κ3) is 2.29. The summed E-state index contributed by atoms with van der Waals surface area (Å²) in [6.45, 7) is 0.420. The van der Waals surface area contributed by atoms with Gasteiger partial charge in [0.1, 0.15) is 6.04 Å². The first-order valence-corrected chi connectivity index (χ1v) is 6.74. The standard InChI is InChI=1S/C15H14N2O4/c18-12-7-6-9-3-1-4-10(13(9)16-12)14(19)17-8-2-5-11(17)15(20)21/h1,3-4,6-7,11H,2,5,8H2,(H,16,18)(H,20,21)/t11-/m0/s1. The Kier molecular flexibility index (Phi) is 3.21.